The highest BCUT2D eigenvalue weighted by Crippen LogP contribution is 2.38. The average molecular weight is 461 g/mol. The summed E-state index contributed by atoms with van der Waals surface area (Å²) in [5, 5.41) is 3.19. The number of amides is 2. The van der Waals surface area contributed by atoms with E-state index in [1.807, 2.05) is 20.8 Å². The molecule has 32 heavy (non-hydrogen) atoms. The van der Waals surface area contributed by atoms with Gasteiger partial charge in [0.25, 0.3) is 11.8 Å². The fourth-order valence-corrected chi connectivity index (χ4v) is 4.71. The Morgan fingerprint density at radius 1 is 1.06 bits per heavy atom. The summed E-state index contributed by atoms with van der Waals surface area (Å²) in [6, 6.07) is 8.94. The fraction of sp³-hybridized carbons (Fsp3) is 0.391. The van der Waals surface area contributed by atoms with Crippen molar-refractivity contribution < 1.29 is 27.5 Å². The Morgan fingerprint density at radius 2 is 1.78 bits per heavy atom. The molecular weight excluding hydrogens is 432 g/mol. The molecule has 0 aliphatic carbocycles. The molecule has 1 aliphatic rings. The molecule has 1 N–H and O–H groups in total. The van der Waals surface area contributed by atoms with E-state index in [1.165, 1.54) is 7.11 Å². The zero-order valence-corrected chi connectivity index (χ0v) is 19.7. The molecule has 0 bridgehead atoms. The molecule has 3 rings (SSSR count). The number of methoxy groups -OCH3 is 1. The molecule has 172 valence electrons. The minimum absolute atomic E-state index is 0.0422. The molecule has 0 saturated heterocycles. The van der Waals surface area contributed by atoms with Crippen LogP contribution < -0.4 is 14.8 Å². The topological polar surface area (TPSA) is 102 Å². The fourth-order valence-electron chi connectivity index (χ4n) is 3.79. The van der Waals surface area contributed by atoms with Crippen molar-refractivity contribution >= 4 is 27.3 Å². The zero-order chi connectivity index (χ0) is 23.6. The molecule has 0 spiro atoms. The van der Waals surface area contributed by atoms with E-state index in [0.29, 0.717) is 29.4 Å². The summed E-state index contributed by atoms with van der Waals surface area (Å²) < 4.78 is 35.5. The third-order valence-corrected chi connectivity index (χ3v) is 5.96. The van der Waals surface area contributed by atoms with Crippen molar-refractivity contribution in [1.29, 1.82) is 0 Å². The maximum absolute atomic E-state index is 13.5. The second kappa shape index (κ2) is 9.20. The molecule has 0 saturated carbocycles. The minimum atomic E-state index is -3.55. The van der Waals surface area contributed by atoms with Gasteiger partial charge >= 0.3 is 0 Å². The number of carbonyl (C=O) groups excluding carboxylic acids is 2. The molecular formula is C23H28N2O6S. The predicted molar refractivity (Wildman–Crippen MR) is 122 cm³/mol. The molecule has 2 aromatic rings. The van der Waals surface area contributed by atoms with E-state index in [2.05, 4.69) is 5.32 Å². The van der Waals surface area contributed by atoms with Crippen LogP contribution in [-0.4, -0.2) is 56.9 Å². The van der Waals surface area contributed by atoms with Gasteiger partial charge in [-0.25, -0.2) is 8.42 Å². The highest BCUT2D eigenvalue weighted by molar-refractivity contribution is 7.90. The summed E-state index contributed by atoms with van der Waals surface area (Å²) >= 11 is 0. The van der Waals surface area contributed by atoms with E-state index in [0.717, 1.165) is 11.2 Å². The molecule has 0 radical (unpaired) electrons. The summed E-state index contributed by atoms with van der Waals surface area (Å²) in [7, 11) is -2.05. The van der Waals surface area contributed by atoms with Crippen LogP contribution in [0, 0.1) is 0 Å². The van der Waals surface area contributed by atoms with Crippen molar-refractivity contribution in [3.63, 3.8) is 0 Å². The first-order chi connectivity index (χ1) is 15.1. The van der Waals surface area contributed by atoms with Crippen LogP contribution in [0.15, 0.2) is 36.4 Å². The maximum atomic E-state index is 13.5. The van der Waals surface area contributed by atoms with Gasteiger partial charge in [-0.1, -0.05) is 12.1 Å². The van der Waals surface area contributed by atoms with Gasteiger partial charge < -0.3 is 14.8 Å². The SMILES string of the molecule is CCOc1cc(C(CS(C)(=O)=O)N2C(=O)c3cccc(NC(C)C)c3C2=O)ccc1OC. The summed E-state index contributed by atoms with van der Waals surface area (Å²) in [5.74, 6) is -0.594. The number of hydrogen-bond acceptors (Lipinski definition) is 7. The van der Waals surface area contributed by atoms with Crippen LogP contribution in [0.5, 0.6) is 11.5 Å². The summed E-state index contributed by atoms with van der Waals surface area (Å²) in [6.07, 6.45) is 1.08. The second-order valence-corrected chi connectivity index (χ2v) is 10.1. The molecule has 1 heterocycles. The first kappa shape index (κ1) is 23.6. The van der Waals surface area contributed by atoms with E-state index in [9.17, 15) is 18.0 Å². The van der Waals surface area contributed by atoms with Gasteiger partial charge in [0.05, 0.1) is 36.6 Å². The van der Waals surface area contributed by atoms with Crippen molar-refractivity contribution in [2.24, 2.45) is 0 Å². The Hall–Kier alpha value is -3.07. The molecule has 1 unspecified atom stereocenters. The molecule has 0 aromatic heterocycles. The zero-order valence-electron chi connectivity index (χ0n) is 18.8. The van der Waals surface area contributed by atoms with Gasteiger partial charge in [-0.2, -0.15) is 0 Å². The van der Waals surface area contributed by atoms with E-state index in [1.54, 1.807) is 36.4 Å². The smallest absolute Gasteiger partial charge is 0.264 e. The molecule has 2 aromatic carbocycles. The van der Waals surface area contributed by atoms with Crippen LogP contribution in [0.1, 0.15) is 53.1 Å². The van der Waals surface area contributed by atoms with E-state index < -0.39 is 33.4 Å². The predicted octanol–water partition coefficient (Wildman–Crippen LogP) is 3.30. The normalized spacial score (nSPS) is 14.5. The van der Waals surface area contributed by atoms with Crippen molar-refractivity contribution in [3.05, 3.63) is 53.1 Å². The molecule has 9 heteroatoms. The number of rotatable bonds is 9. The second-order valence-electron chi connectivity index (χ2n) is 7.96. The van der Waals surface area contributed by atoms with Gasteiger partial charge in [-0.3, -0.25) is 14.5 Å². The van der Waals surface area contributed by atoms with Crippen LogP contribution in [0.4, 0.5) is 5.69 Å². The van der Waals surface area contributed by atoms with Crippen LogP contribution in [0.2, 0.25) is 0 Å². The quantitative estimate of drug-likeness (QED) is 0.573. The van der Waals surface area contributed by atoms with Crippen molar-refractivity contribution in [2.45, 2.75) is 32.9 Å². The average Bonchev–Trinajstić information content (AvgIpc) is 2.96. The number of sulfone groups is 1. The van der Waals surface area contributed by atoms with Crippen LogP contribution in [-0.2, 0) is 9.84 Å². The first-order valence-corrected chi connectivity index (χ1v) is 12.4. The Bertz CT molecular complexity index is 1140. The Kier molecular flexibility index (Phi) is 6.78. The van der Waals surface area contributed by atoms with E-state index >= 15 is 0 Å². The Labute approximate surface area is 188 Å². The lowest BCUT2D eigenvalue weighted by Gasteiger charge is -2.27. The summed E-state index contributed by atoms with van der Waals surface area (Å²) in [6.45, 7) is 6.04. The molecule has 8 nitrogen and oxygen atoms in total. The Morgan fingerprint density at radius 3 is 2.38 bits per heavy atom. The molecule has 1 aliphatic heterocycles. The lowest BCUT2D eigenvalue weighted by molar-refractivity contribution is 0.0597. The summed E-state index contributed by atoms with van der Waals surface area (Å²) in [4.78, 5) is 27.8. The minimum Gasteiger partial charge on any atom is -0.493 e. The Balaban J connectivity index is 2.12. The maximum Gasteiger partial charge on any atom is 0.264 e. The number of carbonyl (C=O) groups is 2. The van der Waals surface area contributed by atoms with E-state index in [-0.39, 0.29) is 17.2 Å². The van der Waals surface area contributed by atoms with Gasteiger partial charge in [0, 0.05) is 18.0 Å². The van der Waals surface area contributed by atoms with Crippen molar-refractivity contribution in [2.75, 3.05) is 31.0 Å². The van der Waals surface area contributed by atoms with Gasteiger partial charge in [0.1, 0.15) is 9.84 Å². The highest BCUT2D eigenvalue weighted by atomic mass is 32.2. The van der Waals surface area contributed by atoms with Crippen LogP contribution in [0.3, 0.4) is 0 Å². The standard InChI is InChI=1S/C23H28N2O6S/c1-6-31-20-12-15(10-11-19(20)30-4)18(13-32(5,28)29)25-22(26)16-8-7-9-17(24-14(2)3)21(16)23(25)27/h7-12,14,18,24H,6,13H2,1-5H3. The first-order valence-electron chi connectivity index (χ1n) is 10.3. The highest BCUT2D eigenvalue weighted by Gasteiger charge is 2.43. The number of fused-ring (bicyclic) bond motifs is 1. The number of nitrogens with zero attached hydrogens (tertiary/aromatic N) is 1. The third-order valence-electron chi connectivity index (χ3n) is 5.04. The van der Waals surface area contributed by atoms with Gasteiger partial charge in [0.2, 0.25) is 0 Å². The largest absolute Gasteiger partial charge is 0.493 e. The van der Waals surface area contributed by atoms with Gasteiger partial charge in [-0.05, 0) is 50.6 Å². The number of ether oxygens (including phenoxy) is 2. The lowest BCUT2D eigenvalue weighted by atomic mass is 10.1. The number of hydrogen-bond donors (Lipinski definition) is 1. The van der Waals surface area contributed by atoms with Gasteiger partial charge in [-0.15, -0.1) is 0 Å². The van der Waals surface area contributed by atoms with Crippen molar-refractivity contribution in [3.8, 4) is 11.5 Å². The number of nitrogens with one attached hydrogen (secondary N) is 1. The third kappa shape index (κ3) is 4.72. The number of benzene rings is 2. The summed E-state index contributed by atoms with van der Waals surface area (Å²) in [5.41, 5.74) is 1.51. The number of anilines is 1. The number of imide groups is 1. The van der Waals surface area contributed by atoms with E-state index in [4.69, 9.17) is 9.47 Å². The lowest BCUT2D eigenvalue weighted by Crippen LogP contribution is -2.37. The van der Waals surface area contributed by atoms with Gasteiger partial charge in [0.15, 0.2) is 11.5 Å². The molecule has 2 amide bonds. The van der Waals surface area contributed by atoms with Crippen LogP contribution in [0.25, 0.3) is 0 Å². The van der Waals surface area contributed by atoms with Crippen LogP contribution >= 0.6 is 0 Å². The van der Waals surface area contributed by atoms with Crippen molar-refractivity contribution in [1.82, 2.24) is 4.90 Å². The molecule has 0 fully saturated rings. The monoisotopic (exact) mass is 460 g/mol. The molecule has 1 atom stereocenters.